The molecule has 0 heterocycles. The summed E-state index contributed by atoms with van der Waals surface area (Å²) >= 11 is 5.81. The van der Waals surface area contributed by atoms with Crippen LogP contribution in [0, 0.1) is 0 Å². The lowest BCUT2D eigenvalue weighted by atomic mass is 10.2. The quantitative estimate of drug-likeness (QED) is 0.840. The lowest BCUT2D eigenvalue weighted by Crippen LogP contribution is -2.31. The number of amides is 1. The number of carbonyl (C=O) groups is 1. The van der Waals surface area contributed by atoms with Crippen molar-refractivity contribution in [1.82, 2.24) is 0 Å². The molecule has 0 aliphatic carbocycles. The number of anilines is 2. The molecule has 4 nitrogen and oxygen atoms in total. The molecule has 106 valence electrons. The molecule has 8 heteroatoms. The van der Waals surface area contributed by atoms with E-state index in [1.54, 1.807) is 0 Å². The fourth-order valence-electron chi connectivity index (χ4n) is 1.16. The Kier molecular flexibility index (Phi) is 5.02. The van der Waals surface area contributed by atoms with Crippen LogP contribution in [0.1, 0.15) is 6.92 Å². The Balaban J connectivity index is 2.59. The SMILES string of the molecule is CC(OCC(F)(F)F)C(=O)Nc1ccc(N)cc1Cl. The van der Waals surface area contributed by atoms with Crippen LogP contribution < -0.4 is 11.1 Å². The molecule has 0 fully saturated rings. The predicted molar refractivity (Wildman–Crippen MR) is 66.0 cm³/mol. The number of carbonyl (C=O) groups excluding carboxylic acids is 1. The minimum absolute atomic E-state index is 0.191. The standard InChI is InChI=1S/C11H12ClF3N2O2/c1-6(19-5-11(13,14)15)10(18)17-9-3-2-7(16)4-8(9)12/h2-4,6H,5,16H2,1H3,(H,17,18). The molecule has 0 bridgehead atoms. The van der Waals surface area contributed by atoms with Gasteiger partial charge in [-0.3, -0.25) is 4.79 Å². The fourth-order valence-corrected chi connectivity index (χ4v) is 1.40. The second-order valence-electron chi connectivity index (χ2n) is 3.80. The highest BCUT2D eigenvalue weighted by molar-refractivity contribution is 6.34. The summed E-state index contributed by atoms with van der Waals surface area (Å²) in [6.45, 7) is -0.274. The largest absolute Gasteiger partial charge is 0.411 e. The first kappa shape index (κ1) is 15.6. The molecule has 1 amide bonds. The number of hydrogen-bond acceptors (Lipinski definition) is 3. The van der Waals surface area contributed by atoms with Gasteiger partial charge in [0.05, 0.1) is 10.7 Å². The van der Waals surface area contributed by atoms with Gasteiger partial charge in [0.25, 0.3) is 5.91 Å². The van der Waals surface area contributed by atoms with Crippen LogP contribution in [0.5, 0.6) is 0 Å². The molecule has 1 unspecified atom stereocenters. The summed E-state index contributed by atoms with van der Waals surface area (Å²) in [6, 6.07) is 4.37. The van der Waals surface area contributed by atoms with Gasteiger partial charge < -0.3 is 15.8 Å². The zero-order chi connectivity index (χ0) is 14.6. The van der Waals surface area contributed by atoms with E-state index in [1.807, 2.05) is 0 Å². The number of halogens is 4. The molecule has 0 saturated carbocycles. The number of nitrogens with two attached hydrogens (primary N) is 1. The Labute approximate surface area is 112 Å². The Hall–Kier alpha value is -1.47. The third-order valence-electron chi connectivity index (χ3n) is 2.12. The van der Waals surface area contributed by atoms with Gasteiger partial charge in [0.2, 0.25) is 0 Å². The number of hydrogen-bond donors (Lipinski definition) is 2. The lowest BCUT2D eigenvalue weighted by molar-refractivity contribution is -0.184. The fraction of sp³-hybridized carbons (Fsp3) is 0.364. The number of rotatable bonds is 4. The first-order chi connectivity index (χ1) is 8.69. The molecule has 0 spiro atoms. The van der Waals surface area contributed by atoms with E-state index < -0.39 is 24.8 Å². The van der Waals surface area contributed by atoms with Crippen LogP contribution in [0.2, 0.25) is 5.02 Å². The Morgan fingerprint density at radius 3 is 2.68 bits per heavy atom. The topological polar surface area (TPSA) is 64.3 Å². The summed E-state index contributed by atoms with van der Waals surface area (Å²) < 4.78 is 40.2. The first-order valence-electron chi connectivity index (χ1n) is 5.23. The minimum Gasteiger partial charge on any atom is -0.399 e. The van der Waals surface area contributed by atoms with Crippen molar-refractivity contribution in [2.45, 2.75) is 19.2 Å². The zero-order valence-corrected chi connectivity index (χ0v) is 10.7. The minimum atomic E-state index is -4.48. The summed E-state index contributed by atoms with van der Waals surface area (Å²) in [7, 11) is 0. The molecule has 0 aliphatic heterocycles. The van der Waals surface area contributed by atoms with E-state index in [1.165, 1.54) is 25.1 Å². The summed E-state index contributed by atoms with van der Waals surface area (Å²) in [5.74, 6) is -0.726. The molecule has 1 aromatic carbocycles. The van der Waals surface area contributed by atoms with Crippen LogP contribution in [0.3, 0.4) is 0 Å². The first-order valence-corrected chi connectivity index (χ1v) is 5.61. The van der Waals surface area contributed by atoms with E-state index in [0.29, 0.717) is 5.69 Å². The maximum Gasteiger partial charge on any atom is 0.411 e. The van der Waals surface area contributed by atoms with Crippen LogP contribution >= 0.6 is 11.6 Å². The van der Waals surface area contributed by atoms with Crippen LogP contribution in [0.25, 0.3) is 0 Å². The van der Waals surface area contributed by atoms with E-state index in [0.717, 1.165) is 0 Å². The van der Waals surface area contributed by atoms with Gasteiger partial charge in [-0.2, -0.15) is 13.2 Å². The van der Waals surface area contributed by atoms with Crippen molar-refractivity contribution in [2.75, 3.05) is 17.7 Å². The van der Waals surface area contributed by atoms with Gasteiger partial charge in [-0.15, -0.1) is 0 Å². The van der Waals surface area contributed by atoms with Crippen LogP contribution in [0.4, 0.5) is 24.5 Å². The predicted octanol–water partition coefficient (Wildman–Crippen LogP) is 2.83. The average molecular weight is 297 g/mol. The lowest BCUT2D eigenvalue weighted by Gasteiger charge is -2.15. The molecule has 0 radical (unpaired) electrons. The number of benzene rings is 1. The van der Waals surface area contributed by atoms with E-state index in [2.05, 4.69) is 10.1 Å². The van der Waals surface area contributed by atoms with Crippen molar-refractivity contribution < 1.29 is 22.7 Å². The van der Waals surface area contributed by atoms with Crippen LogP contribution in [-0.2, 0) is 9.53 Å². The maximum atomic E-state index is 11.9. The van der Waals surface area contributed by atoms with Crippen molar-refractivity contribution >= 4 is 28.9 Å². The summed E-state index contributed by atoms with van der Waals surface area (Å²) in [5.41, 5.74) is 6.13. The second-order valence-corrected chi connectivity index (χ2v) is 4.20. The van der Waals surface area contributed by atoms with E-state index in [-0.39, 0.29) is 10.7 Å². The number of alkyl halides is 3. The van der Waals surface area contributed by atoms with Gasteiger partial charge in [0, 0.05) is 5.69 Å². The molecule has 3 N–H and O–H groups in total. The monoisotopic (exact) mass is 296 g/mol. The molecule has 0 aliphatic rings. The van der Waals surface area contributed by atoms with Crippen LogP contribution in [-0.4, -0.2) is 24.8 Å². The number of ether oxygens (including phenoxy) is 1. The Bertz CT molecular complexity index is 466. The van der Waals surface area contributed by atoms with E-state index in [9.17, 15) is 18.0 Å². The van der Waals surface area contributed by atoms with Gasteiger partial charge in [-0.25, -0.2) is 0 Å². The van der Waals surface area contributed by atoms with Gasteiger partial charge in [-0.05, 0) is 25.1 Å². The zero-order valence-electron chi connectivity index (χ0n) is 9.92. The van der Waals surface area contributed by atoms with Gasteiger partial charge in [-0.1, -0.05) is 11.6 Å². The summed E-state index contributed by atoms with van der Waals surface area (Å²) in [4.78, 5) is 11.6. The maximum absolute atomic E-state index is 11.9. The smallest absolute Gasteiger partial charge is 0.399 e. The molecule has 0 aromatic heterocycles. The highest BCUT2D eigenvalue weighted by Crippen LogP contribution is 2.24. The molecular weight excluding hydrogens is 285 g/mol. The van der Waals surface area contributed by atoms with Gasteiger partial charge in [0.15, 0.2) is 0 Å². The summed E-state index contributed by atoms with van der Waals surface area (Å²) in [5, 5.41) is 2.55. The van der Waals surface area contributed by atoms with Crippen LogP contribution in [0.15, 0.2) is 18.2 Å². The van der Waals surface area contributed by atoms with Crippen molar-refractivity contribution in [3.63, 3.8) is 0 Å². The van der Waals surface area contributed by atoms with E-state index in [4.69, 9.17) is 17.3 Å². The van der Waals surface area contributed by atoms with E-state index >= 15 is 0 Å². The van der Waals surface area contributed by atoms with Crippen molar-refractivity contribution in [1.29, 1.82) is 0 Å². The highest BCUT2D eigenvalue weighted by atomic mass is 35.5. The molecule has 0 saturated heterocycles. The Morgan fingerprint density at radius 1 is 1.53 bits per heavy atom. The number of nitrogens with one attached hydrogen (secondary N) is 1. The van der Waals surface area contributed by atoms with Crippen molar-refractivity contribution in [2.24, 2.45) is 0 Å². The molecule has 19 heavy (non-hydrogen) atoms. The molecule has 1 rings (SSSR count). The van der Waals surface area contributed by atoms with Gasteiger partial charge in [0.1, 0.15) is 12.7 Å². The van der Waals surface area contributed by atoms with Gasteiger partial charge >= 0.3 is 6.18 Å². The van der Waals surface area contributed by atoms with Crippen molar-refractivity contribution in [3.8, 4) is 0 Å². The highest BCUT2D eigenvalue weighted by Gasteiger charge is 2.30. The third kappa shape index (κ3) is 5.35. The molecular formula is C11H12ClF3N2O2. The normalized spacial score (nSPS) is 13.1. The third-order valence-corrected chi connectivity index (χ3v) is 2.43. The molecule has 1 aromatic rings. The number of nitrogen functional groups attached to an aromatic ring is 1. The Morgan fingerprint density at radius 2 is 2.16 bits per heavy atom. The molecule has 1 atom stereocenters. The summed E-state index contributed by atoms with van der Waals surface area (Å²) in [6.07, 6.45) is -5.73. The van der Waals surface area contributed by atoms with Crippen molar-refractivity contribution in [3.05, 3.63) is 23.2 Å². The second kappa shape index (κ2) is 6.12. The average Bonchev–Trinajstić information content (AvgIpc) is 2.28.